The van der Waals surface area contributed by atoms with Crippen LogP contribution in [-0.2, 0) is 6.42 Å². The summed E-state index contributed by atoms with van der Waals surface area (Å²) >= 11 is 0. The van der Waals surface area contributed by atoms with Gasteiger partial charge in [0, 0.05) is 0 Å². The Morgan fingerprint density at radius 1 is 1.18 bits per heavy atom. The molecule has 0 saturated carbocycles. The van der Waals surface area contributed by atoms with E-state index in [2.05, 4.69) is 31.3 Å². The van der Waals surface area contributed by atoms with Crippen molar-refractivity contribution in [1.82, 2.24) is 5.32 Å². The molecule has 0 unspecified atom stereocenters. The zero-order valence-electron chi connectivity index (χ0n) is 11.3. The van der Waals surface area contributed by atoms with Crippen LogP contribution in [0.4, 0.5) is 0 Å². The van der Waals surface area contributed by atoms with Crippen LogP contribution >= 0.6 is 0 Å². The minimum Gasteiger partial charge on any atom is -0.496 e. The molecule has 2 nitrogen and oxygen atoms in total. The maximum atomic E-state index is 5.34. The van der Waals surface area contributed by atoms with Crippen LogP contribution in [0.1, 0.15) is 32.3 Å². The number of aryl methyl sites for hydroxylation is 1. The molecule has 1 rings (SSSR count). The Balaban J connectivity index is 2.17. The third-order valence-corrected chi connectivity index (χ3v) is 2.79. The van der Waals surface area contributed by atoms with E-state index >= 15 is 0 Å². The predicted molar refractivity (Wildman–Crippen MR) is 73.6 cm³/mol. The largest absolute Gasteiger partial charge is 0.496 e. The number of para-hydroxylation sites is 1. The van der Waals surface area contributed by atoms with Crippen molar-refractivity contribution < 1.29 is 4.74 Å². The van der Waals surface area contributed by atoms with Crippen LogP contribution in [0.25, 0.3) is 0 Å². The summed E-state index contributed by atoms with van der Waals surface area (Å²) in [5, 5.41) is 3.47. The van der Waals surface area contributed by atoms with Gasteiger partial charge in [-0.05, 0) is 49.9 Å². The smallest absolute Gasteiger partial charge is 0.122 e. The van der Waals surface area contributed by atoms with Gasteiger partial charge >= 0.3 is 0 Å². The second-order valence-corrected chi connectivity index (χ2v) is 4.87. The van der Waals surface area contributed by atoms with Gasteiger partial charge in [-0.15, -0.1) is 0 Å². The summed E-state index contributed by atoms with van der Waals surface area (Å²) in [6.45, 7) is 6.71. The second kappa shape index (κ2) is 8.13. The number of hydrogen-bond donors (Lipinski definition) is 1. The molecule has 1 aromatic rings. The van der Waals surface area contributed by atoms with Crippen molar-refractivity contribution in [3.8, 4) is 5.75 Å². The molecule has 0 atom stereocenters. The van der Waals surface area contributed by atoms with E-state index in [-0.39, 0.29) is 0 Å². The van der Waals surface area contributed by atoms with E-state index in [4.69, 9.17) is 4.74 Å². The summed E-state index contributed by atoms with van der Waals surface area (Å²) in [5.41, 5.74) is 1.32. The highest BCUT2D eigenvalue weighted by atomic mass is 16.5. The molecule has 1 N–H and O–H groups in total. The highest BCUT2D eigenvalue weighted by Crippen LogP contribution is 2.19. The normalized spacial score (nSPS) is 10.8. The number of nitrogens with one attached hydrogen (secondary N) is 1. The Labute approximate surface area is 105 Å². The molecule has 0 bridgehead atoms. The zero-order chi connectivity index (χ0) is 12.5. The van der Waals surface area contributed by atoms with Gasteiger partial charge in [0.05, 0.1) is 7.11 Å². The van der Waals surface area contributed by atoms with E-state index in [1.54, 1.807) is 7.11 Å². The molecule has 0 spiro atoms. The van der Waals surface area contributed by atoms with Crippen molar-refractivity contribution in [3.05, 3.63) is 29.8 Å². The van der Waals surface area contributed by atoms with Gasteiger partial charge in [-0.3, -0.25) is 0 Å². The monoisotopic (exact) mass is 235 g/mol. The van der Waals surface area contributed by atoms with E-state index in [9.17, 15) is 0 Å². The molecule has 17 heavy (non-hydrogen) atoms. The number of ether oxygens (including phenoxy) is 1. The van der Waals surface area contributed by atoms with Gasteiger partial charge in [0.15, 0.2) is 0 Å². The van der Waals surface area contributed by atoms with Crippen LogP contribution in [0.15, 0.2) is 24.3 Å². The molecule has 0 heterocycles. The van der Waals surface area contributed by atoms with Crippen LogP contribution < -0.4 is 10.1 Å². The van der Waals surface area contributed by atoms with E-state index in [1.807, 2.05) is 12.1 Å². The first-order valence-corrected chi connectivity index (χ1v) is 6.56. The van der Waals surface area contributed by atoms with Gasteiger partial charge in [-0.25, -0.2) is 0 Å². The number of unbranched alkanes of at least 4 members (excludes halogenated alkanes) is 1. The Kier molecular flexibility index (Phi) is 6.71. The van der Waals surface area contributed by atoms with Crippen molar-refractivity contribution in [3.63, 3.8) is 0 Å². The molecule has 96 valence electrons. The number of benzene rings is 1. The first-order chi connectivity index (χ1) is 8.24. The van der Waals surface area contributed by atoms with Crippen LogP contribution in [0, 0.1) is 5.92 Å². The molecule has 0 radical (unpaired) electrons. The summed E-state index contributed by atoms with van der Waals surface area (Å²) in [7, 11) is 1.74. The van der Waals surface area contributed by atoms with Crippen molar-refractivity contribution >= 4 is 0 Å². The van der Waals surface area contributed by atoms with E-state index in [0.29, 0.717) is 0 Å². The van der Waals surface area contributed by atoms with E-state index in [0.717, 1.165) is 31.2 Å². The fourth-order valence-corrected chi connectivity index (χ4v) is 1.87. The molecule has 0 aliphatic carbocycles. The molecule has 2 heteroatoms. The van der Waals surface area contributed by atoms with E-state index < -0.39 is 0 Å². The first-order valence-electron chi connectivity index (χ1n) is 6.56. The van der Waals surface area contributed by atoms with E-state index in [1.165, 1.54) is 18.4 Å². The Morgan fingerprint density at radius 2 is 1.94 bits per heavy atom. The predicted octanol–water partition coefficient (Wildman–Crippen LogP) is 3.26. The maximum absolute atomic E-state index is 5.34. The Bertz CT molecular complexity index is 310. The highest BCUT2D eigenvalue weighted by molar-refractivity contribution is 5.33. The first kappa shape index (κ1) is 14.0. The van der Waals surface area contributed by atoms with Crippen LogP contribution in [0.5, 0.6) is 5.75 Å². The summed E-state index contributed by atoms with van der Waals surface area (Å²) < 4.78 is 5.34. The molecule has 0 fully saturated rings. The number of hydrogen-bond acceptors (Lipinski definition) is 2. The topological polar surface area (TPSA) is 21.3 Å². The Morgan fingerprint density at radius 3 is 2.65 bits per heavy atom. The molecule has 0 aromatic heterocycles. The summed E-state index contributed by atoms with van der Waals surface area (Å²) in [6.07, 6.45) is 3.55. The van der Waals surface area contributed by atoms with Gasteiger partial charge in [-0.1, -0.05) is 32.0 Å². The van der Waals surface area contributed by atoms with Crippen LogP contribution in [-0.4, -0.2) is 20.2 Å². The maximum Gasteiger partial charge on any atom is 0.122 e. The fraction of sp³-hybridized carbons (Fsp3) is 0.600. The second-order valence-electron chi connectivity index (χ2n) is 4.87. The molecule has 0 amide bonds. The molecule has 0 aliphatic heterocycles. The summed E-state index contributed by atoms with van der Waals surface area (Å²) in [5.74, 6) is 1.76. The van der Waals surface area contributed by atoms with Gasteiger partial charge in [-0.2, -0.15) is 0 Å². The van der Waals surface area contributed by atoms with Gasteiger partial charge in [0.25, 0.3) is 0 Å². The summed E-state index contributed by atoms with van der Waals surface area (Å²) in [6, 6.07) is 8.29. The van der Waals surface area contributed by atoms with Crippen molar-refractivity contribution in [2.45, 2.75) is 33.1 Å². The molecular formula is C15H25NO. The van der Waals surface area contributed by atoms with Crippen molar-refractivity contribution in [2.24, 2.45) is 5.92 Å². The minimum atomic E-state index is 0.740. The SMILES string of the molecule is COc1ccccc1CCCCNCC(C)C. The van der Waals surface area contributed by atoms with Gasteiger partial charge < -0.3 is 10.1 Å². The highest BCUT2D eigenvalue weighted by Gasteiger charge is 2.00. The number of rotatable bonds is 8. The average Bonchev–Trinajstić information content (AvgIpc) is 2.33. The lowest BCUT2D eigenvalue weighted by Crippen LogP contribution is -2.20. The lowest BCUT2D eigenvalue weighted by Gasteiger charge is -2.09. The van der Waals surface area contributed by atoms with Crippen LogP contribution in [0.3, 0.4) is 0 Å². The molecular weight excluding hydrogens is 210 g/mol. The lowest BCUT2D eigenvalue weighted by atomic mass is 10.1. The van der Waals surface area contributed by atoms with Crippen molar-refractivity contribution in [1.29, 1.82) is 0 Å². The molecule has 1 aromatic carbocycles. The van der Waals surface area contributed by atoms with Gasteiger partial charge in [0.2, 0.25) is 0 Å². The minimum absolute atomic E-state index is 0.740. The quantitative estimate of drug-likeness (QED) is 0.698. The third kappa shape index (κ3) is 5.73. The standard InChI is InChI=1S/C15H25NO/c1-13(2)12-16-11-7-6-9-14-8-4-5-10-15(14)17-3/h4-5,8,10,13,16H,6-7,9,11-12H2,1-3H3. The fourth-order valence-electron chi connectivity index (χ4n) is 1.87. The zero-order valence-corrected chi connectivity index (χ0v) is 11.3. The Hall–Kier alpha value is -1.02. The third-order valence-electron chi connectivity index (χ3n) is 2.79. The lowest BCUT2D eigenvalue weighted by molar-refractivity contribution is 0.408. The number of methoxy groups -OCH3 is 1. The van der Waals surface area contributed by atoms with Crippen molar-refractivity contribution in [2.75, 3.05) is 20.2 Å². The average molecular weight is 235 g/mol. The van der Waals surface area contributed by atoms with Crippen LogP contribution in [0.2, 0.25) is 0 Å². The molecule has 0 aliphatic rings. The molecule has 0 saturated heterocycles. The van der Waals surface area contributed by atoms with Gasteiger partial charge in [0.1, 0.15) is 5.75 Å². The summed E-state index contributed by atoms with van der Waals surface area (Å²) in [4.78, 5) is 0.